The molecule has 1 N–H and O–H groups in total. The molecule has 102 valence electrons. The summed E-state index contributed by atoms with van der Waals surface area (Å²) >= 11 is 0. The second-order valence-corrected chi connectivity index (χ2v) is 4.75. The highest BCUT2D eigenvalue weighted by Crippen LogP contribution is 2.17. The Morgan fingerprint density at radius 3 is 2.28 bits per heavy atom. The number of benzene rings is 1. The Hall–Kier alpha value is -0.860. The van der Waals surface area contributed by atoms with Gasteiger partial charge in [0.05, 0.1) is 0 Å². The molecule has 2 heteroatoms. The van der Waals surface area contributed by atoms with Crippen LogP contribution in [0.2, 0.25) is 0 Å². The lowest BCUT2D eigenvalue weighted by atomic mass is 9.96. The van der Waals surface area contributed by atoms with E-state index in [9.17, 15) is 0 Å². The molecule has 1 aromatic rings. The predicted octanol–water partition coefficient (Wildman–Crippen LogP) is 3.11. The van der Waals surface area contributed by atoms with Crippen molar-refractivity contribution in [2.24, 2.45) is 0 Å². The molecule has 1 atom stereocenters. The van der Waals surface area contributed by atoms with Gasteiger partial charge in [0.15, 0.2) is 0 Å². The third-order valence-corrected chi connectivity index (χ3v) is 3.65. The maximum Gasteiger partial charge on any atom is 0.0107 e. The Bertz CT molecular complexity index is 293. The van der Waals surface area contributed by atoms with Gasteiger partial charge in [-0.3, -0.25) is 0 Å². The van der Waals surface area contributed by atoms with Crippen LogP contribution in [0.15, 0.2) is 30.3 Å². The van der Waals surface area contributed by atoms with Gasteiger partial charge in [0.25, 0.3) is 0 Å². The van der Waals surface area contributed by atoms with E-state index in [1.54, 1.807) is 0 Å². The average Bonchev–Trinajstić information content (AvgIpc) is 2.44. The van der Waals surface area contributed by atoms with Gasteiger partial charge in [0, 0.05) is 19.6 Å². The van der Waals surface area contributed by atoms with E-state index in [0.29, 0.717) is 5.92 Å². The summed E-state index contributed by atoms with van der Waals surface area (Å²) in [7, 11) is 0. The van der Waals surface area contributed by atoms with E-state index >= 15 is 0 Å². The van der Waals surface area contributed by atoms with Crippen molar-refractivity contribution in [3.63, 3.8) is 0 Å². The van der Waals surface area contributed by atoms with Crippen LogP contribution in [0.1, 0.15) is 38.7 Å². The zero-order valence-electron chi connectivity index (χ0n) is 12.2. The molecule has 0 aliphatic heterocycles. The van der Waals surface area contributed by atoms with Crippen LogP contribution in [0.5, 0.6) is 0 Å². The van der Waals surface area contributed by atoms with E-state index in [1.807, 2.05) is 0 Å². The maximum atomic E-state index is 3.59. The SMILES string of the molecule is CCC(CNCCN(CC)CC)c1ccccc1. The summed E-state index contributed by atoms with van der Waals surface area (Å²) in [5, 5.41) is 3.59. The lowest BCUT2D eigenvalue weighted by Crippen LogP contribution is -2.33. The minimum Gasteiger partial charge on any atom is -0.315 e. The summed E-state index contributed by atoms with van der Waals surface area (Å²) in [6.45, 7) is 12.3. The van der Waals surface area contributed by atoms with E-state index in [2.05, 4.69) is 61.3 Å². The average molecular weight is 248 g/mol. The standard InChI is InChI=1S/C16H28N2/c1-4-15(16-10-8-7-9-11-16)14-17-12-13-18(5-2)6-3/h7-11,15,17H,4-6,12-14H2,1-3H3. The van der Waals surface area contributed by atoms with Crippen LogP contribution in [-0.2, 0) is 0 Å². The molecular weight excluding hydrogens is 220 g/mol. The Morgan fingerprint density at radius 1 is 1.06 bits per heavy atom. The molecule has 0 radical (unpaired) electrons. The predicted molar refractivity (Wildman–Crippen MR) is 80.1 cm³/mol. The normalized spacial score (nSPS) is 12.9. The molecule has 18 heavy (non-hydrogen) atoms. The summed E-state index contributed by atoms with van der Waals surface area (Å²) in [4.78, 5) is 2.45. The first kappa shape index (κ1) is 15.2. The van der Waals surface area contributed by atoms with E-state index < -0.39 is 0 Å². The van der Waals surface area contributed by atoms with E-state index in [0.717, 1.165) is 32.7 Å². The number of nitrogens with zero attached hydrogens (tertiary/aromatic N) is 1. The van der Waals surface area contributed by atoms with Gasteiger partial charge in [-0.05, 0) is 31.0 Å². The highest BCUT2D eigenvalue weighted by molar-refractivity contribution is 5.19. The van der Waals surface area contributed by atoms with E-state index in [1.165, 1.54) is 12.0 Å². The highest BCUT2D eigenvalue weighted by Gasteiger charge is 2.08. The Labute approximate surface area is 112 Å². The summed E-state index contributed by atoms with van der Waals surface area (Å²) in [5.74, 6) is 0.642. The molecule has 0 aromatic heterocycles. The first-order chi connectivity index (χ1) is 8.81. The van der Waals surface area contributed by atoms with Crippen LogP contribution in [-0.4, -0.2) is 37.6 Å². The summed E-state index contributed by atoms with van der Waals surface area (Å²) in [6.07, 6.45) is 1.20. The fourth-order valence-corrected chi connectivity index (χ4v) is 2.28. The van der Waals surface area contributed by atoms with Crippen molar-refractivity contribution in [2.45, 2.75) is 33.1 Å². The van der Waals surface area contributed by atoms with Crippen molar-refractivity contribution in [1.29, 1.82) is 0 Å². The minimum absolute atomic E-state index is 0.642. The van der Waals surface area contributed by atoms with Crippen LogP contribution in [0.25, 0.3) is 0 Å². The molecule has 1 rings (SSSR count). The summed E-state index contributed by atoms with van der Waals surface area (Å²) in [5.41, 5.74) is 1.45. The summed E-state index contributed by atoms with van der Waals surface area (Å²) in [6, 6.07) is 10.8. The van der Waals surface area contributed by atoms with Crippen molar-refractivity contribution in [3.05, 3.63) is 35.9 Å². The fraction of sp³-hybridized carbons (Fsp3) is 0.625. The number of rotatable bonds is 9. The second-order valence-electron chi connectivity index (χ2n) is 4.75. The molecule has 0 heterocycles. The smallest absolute Gasteiger partial charge is 0.0107 e. The number of hydrogen-bond acceptors (Lipinski definition) is 2. The van der Waals surface area contributed by atoms with Crippen molar-refractivity contribution in [1.82, 2.24) is 10.2 Å². The molecular formula is C16H28N2. The molecule has 0 aliphatic rings. The fourth-order valence-electron chi connectivity index (χ4n) is 2.28. The van der Waals surface area contributed by atoms with Crippen LogP contribution in [0.4, 0.5) is 0 Å². The third kappa shape index (κ3) is 5.19. The van der Waals surface area contributed by atoms with Gasteiger partial charge in [-0.15, -0.1) is 0 Å². The summed E-state index contributed by atoms with van der Waals surface area (Å²) < 4.78 is 0. The monoisotopic (exact) mass is 248 g/mol. The molecule has 1 aromatic carbocycles. The molecule has 0 bridgehead atoms. The van der Waals surface area contributed by atoms with Crippen molar-refractivity contribution < 1.29 is 0 Å². The molecule has 2 nitrogen and oxygen atoms in total. The topological polar surface area (TPSA) is 15.3 Å². The Balaban J connectivity index is 2.28. The first-order valence-electron chi connectivity index (χ1n) is 7.29. The molecule has 0 amide bonds. The largest absolute Gasteiger partial charge is 0.315 e. The number of likely N-dealkylation sites (N-methyl/N-ethyl adjacent to an activating group) is 1. The van der Waals surface area contributed by atoms with Crippen LogP contribution in [0.3, 0.4) is 0 Å². The van der Waals surface area contributed by atoms with Crippen LogP contribution in [0, 0.1) is 0 Å². The van der Waals surface area contributed by atoms with Gasteiger partial charge in [-0.25, -0.2) is 0 Å². The highest BCUT2D eigenvalue weighted by atomic mass is 15.1. The van der Waals surface area contributed by atoms with Gasteiger partial charge in [0.1, 0.15) is 0 Å². The van der Waals surface area contributed by atoms with Crippen molar-refractivity contribution in [3.8, 4) is 0 Å². The van der Waals surface area contributed by atoms with Crippen molar-refractivity contribution >= 4 is 0 Å². The number of nitrogens with one attached hydrogen (secondary N) is 1. The molecule has 0 saturated heterocycles. The lowest BCUT2D eigenvalue weighted by Gasteiger charge is -2.20. The van der Waals surface area contributed by atoms with Gasteiger partial charge in [-0.1, -0.05) is 51.1 Å². The maximum absolute atomic E-state index is 3.59. The molecule has 0 spiro atoms. The second kappa shape index (κ2) is 9.12. The Morgan fingerprint density at radius 2 is 1.72 bits per heavy atom. The first-order valence-corrected chi connectivity index (χ1v) is 7.29. The molecule has 0 saturated carbocycles. The molecule has 0 fully saturated rings. The van der Waals surface area contributed by atoms with Gasteiger partial charge in [-0.2, -0.15) is 0 Å². The molecule has 0 aliphatic carbocycles. The lowest BCUT2D eigenvalue weighted by molar-refractivity contribution is 0.301. The van der Waals surface area contributed by atoms with Crippen molar-refractivity contribution in [2.75, 3.05) is 32.7 Å². The minimum atomic E-state index is 0.642. The zero-order valence-corrected chi connectivity index (χ0v) is 12.2. The quantitative estimate of drug-likeness (QED) is 0.676. The molecule has 1 unspecified atom stereocenters. The van der Waals surface area contributed by atoms with Gasteiger partial charge >= 0.3 is 0 Å². The van der Waals surface area contributed by atoms with E-state index in [4.69, 9.17) is 0 Å². The van der Waals surface area contributed by atoms with Gasteiger partial charge in [0.2, 0.25) is 0 Å². The third-order valence-electron chi connectivity index (χ3n) is 3.65. The van der Waals surface area contributed by atoms with Gasteiger partial charge < -0.3 is 10.2 Å². The van der Waals surface area contributed by atoms with Crippen LogP contribution >= 0.6 is 0 Å². The zero-order chi connectivity index (χ0) is 13.2. The number of hydrogen-bond donors (Lipinski definition) is 1. The van der Waals surface area contributed by atoms with Crippen LogP contribution < -0.4 is 5.32 Å². The van der Waals surface area contributed by atoms with E-state index in [-0.39, 0.29) is 0 Å². The Kier molecular flexibility index (Phi) is 7.70.